The number of hydrogen-bond donors (Lipinski definition) is 2. The van der Waals surface area contributed by atoms with Crippen LogP contribution in [0.25, 0.3) is 0 Å². The molecule has 0 amide bonds. The number of nitrogens with zero attached hydrogens (tertiary/aromatic N) is 2. The number of carbonyl (C=O) groups excluding carboxylic acids is 1. The predicted octanol–water partition coefficient (Wildman–Crippen LogP) is 3.41. The number of aliphatic imine (C=N–C) groups is 1. The Hall–Kier alpha value is -2.50. The highest BCUT2D eigenvalue weighted by atomic mass is 35.5. The lowest BCUT2D eigenvalue weighted by Crippen LogP contribution is -2.24. The van der Waals surface area contributed by atoms with E-state index >= 15 is 0 Å². The zero-order valence-corrected chi connectivity index (χ0v) is 14.1. The van der Waals surface area contributed by atoms with Crippen LogP contribution < -0.4 is 11.2 Å². The van der Waals surface area contributed by atoms with E-state index in [0.29, 0.717) is 29.4 Å². The van der Waals surface area contributed by atoms with E-state index in [-0.39, 0.29) is 11.5 Å². The third-order valence-corrected chi connectivity index (χ3v) is 3.46. The van der Waals surface area contributed by atoms with Gasteiger partial charge < -0.3 is 5.73 Å². The zero-order valence-electron chi connectivity index (χ0n) is 13.4. The lowest BCUT2D eigenvalue weighted by Gasteiger charge is -2.07. The van der Waals surface area contributed by atoms with Gasteiger partial charge >= 0.3 is 0 Å². The predicted molar refractivity (Wildman–Crippen MR) is 100 cm³/mol. The molecule has 0 bridgehead atoms. The van der Waals surface area contributed by atoms with Crippen LogP contribution in [0.3, 0.4) is 0 Å². The Labute approximate surface area is 146 Å². The fourth-order valence-corrected chi connectivity index (χ4v) is 2.10. The number of benzene rings is 2. The van der Waals surface area contributed by atoms with Crippen molar-refractivity contribution in [1.29, 1.82) is 0 Å². The second-order valence-electron chi connectivity index (χ2n) is 5.03. The molecule has 0 fully saturated rings. The van der Waals surface area contributed by atoms with Crippen molar-refractivity contribution in [2.75, 3.05) is 18.5 Å². The molecule has 6 heteroatoms. The minimum atomic E-state index is -0.199. The molecule has 0 unspecified atom stereocenters. The van der Waals surface area contributed by atoms with Gasteiger partial charge in [0.2, 0.25) is 5.78 Å². The molecule has 124 valence electrons. The molecular weight excluding hydrogens is 324 g/mol. The van der Waals surface area contributed by atoms with E-state index in [1.165, 1.54) is 0 Å². The summed E-state index contributed by atoms with van der Waals surface area (Å²) >= 11 is 5.86. The molecular formula is C18H19ClN4O. The summed E-state index contributed by atoms with van der Waals surface area (Å²) in [7, 11) is 0. The van der Waals surface area contributed by atoms with Gasteiger partial charge in [-0.2, -0.15) is 5.10 Å². The Kier molecular flexibility index (Phi) is 6.66. The Bertz CT molecular complexity index is 739. The molecule has 0 saturated heterocycles. The van der Waals surface area contributed by atoms with Crippen molar-refractivity contribution < 1.29 is 4.79 Å². The van der Waals surface area contributed by atoms with Crippen LogP contribution in [-0.4, -0.2) is 30.3 Å². The summed E-state index contributed by atoms with van der Waals surface area (Å²) in [5.41, 5.74) is 10.4. The first-order chi connectivity index (χ1) is 11.6. The number of rotatable bonds is 7. The SMILES string of the molecule is CC(=NCCN)/C(=N\Nc1ccc(Cl)cc1)C(=O)c1ccccc1. The highest BCUT2D eigenvalue weighted by molar-refractivity contribution is 6.70. The van der Waals surface area contributed by atoms with Crippen LogP contribution in [0, 0.1) is 0 Å². The molecule has 0 spiro atoms. The Morgan fingerprint density at radius 3 is 2.42 bits per heavy atom. The van der Waals surface area contributed by atoms with Crippen molar-refractivity contribution in [3.63, 3.8) is 0 Å². The van der Waals surface area contributed by atoms with E-state index < -0.39 is 0 Å². The number of nitrogens with one attached hydrogen (secondary N) is 1. The standard InChI is InChI=1S/C18H19ClN4O/c1-13(21-12-11-20)17(18(24)14-5-3-2-4-6-14)23-22-16-9-7-15(19)8-10-16/h2-10,22H,11-12,20H2,1H3/b21-13?,23-17+. The molecule has 0 heterocycles. The lowest BCUT2D eigenvalue weighted by molar-refractivity contribution is 0.106. The van der Waals surface area contributed by atoms with Crippen molar-refractivity contribution in [2.45, 2.75) is 6.92 Å². The molecule has 0 aliphatic carbocycles. The molecule has 2 rings (SSSR count). The van der Waals surface area contributed by atoms with Crippen LogP contribution >= 0.6 is 11.6 Å². The molecule has 2 aromatic rings. The van der Waals surface area contributed by atoms with Crippen molar-refractivity contribution in [1.82, 2.24) is 0 Å². The number of halogens is 1. The average Bonchev–Trinajstić information content (AvgIpc) is 2.62. The highest BCUT2D eigenvalue weighted by Crippen LogP contribution is 2.13. The van der Waals surface area contributed by atoms with E-state index in [4.69, 9.17) is 17.3 Å². The quantitative estimate of drug-likeness (QED) is 0.459. The normalized spacial score (nSPS) is 12.1. The van der Waals surface area contributed by atoms with Crippen molar-refractivity contribution in [3.05, 3.63) is 65.2 Å². The van der Waals surface area contributed by atoms with Crippen molar-refractivity contribution in [2.24, 2.45) is 15.8 Å². The minimum Gasteiger partial charge on any atom is -0.329 e. The summed E-state index contributed by atoms with van der Waals surface area (Å²) in [5, 5.41) is 4.89. The molecule has 0 aliphatic rings. The fourth-order valence-electron chi connectivity index (χ4n) is 1.97. The van der Waals surface area contributed by atoms with Crippen LogP contribution in [0.4, 0.5) is 5.69 Å². The average molecular weight is 343 g/mol. The molecule has 5 nitrogen and oxygen atoms in total. The van der Waals surface area contributed by atoms with E-state index in [1.54, 1.807) is 43.3 Å². The van der Waals surface area contributed by atoms with Crippen LogP contribution in [0.5, 0.6) is 0 Å². The fraction of sp³-hybridized carbons (Fsp3) is 0.167. The Morgan fingerprint density at radius 1 is 1.12 bits per heavy atom. The van der Waals surface area contributed by atoms with E-state index in [0.717, 1.165) is 5.69 Å². The highest BCUT2D eigenvalue weighted by Gasteiger charge is 2.17. The van der Waals surface area contributed by atoms with Gasteiger partial charge in [0.15, 0.2) is 5.71 Å². The van der Waals surface area contributed by atoms with E-state index in [9.17, 15) is 4.79 Å². The van der Waals surface area contributed by atoms with E-state index in [2.05, 4.69) is 15.5 Å². The number of anilines is 1. The Morgan fingerprint density at radius 2 is 1.79 bits per heavy atom. The molecule has 24 heavy (non-hydrogen) atoms. The molecule has 0 saturated carbocycles. The maximum absolute atomic E-state index is 12.7. The van der Waals surface area contributed by atoms with Gasteiger partial charge in [0.1, 0.15) is 0 Å². The second-order valence-corrected chi connectivity index (χ2v) is 5.47. The van der Waals surface area contributed by atoms with Gasteiger partial charge in [-0.1, -0.05) is 41.9 Å². The monoisotopic (exact) mass is 342 g/mol. The van der Waals surface area contributed by atoms with Crippen molar-refractivity contribution >= 4 is 34.5 Å². The number of Topliss-reactive ketones (excluding diaryl/α,β-unsaturated/α-hetero) is 1. The summed E-state index contributed by atoms with van der Waals surface area (Å²) in [4.78, 5) is 17.0. The molecule has 0 atom stereocenters. The van der Waals surface area contributed by atoms with Gasteiger partial charge in [0.05, 0.1) is 17.9 Å². The van der Waals surface area contributed by atoms with Crippen LogP contribution in [-0.2, 0) is 0 Å². The van der Waals surface area contributed by atoms with E-state index in [1.807, 2.05) is 18.2 Å². The first-order valence-electron chi connectivity index (χ1n) is 7.52. The lowest BCUT2D eigenvalue weighted by atomic mass is 10.0. The minimum absolute atomic E-state index is 0.199. The summed E-state index contributed by atoms with van der Waals surface area (Å²) in [6.45, 7) is 2.60. The van der Waals surface area contributed by atoms with Crippen LogP contribution in [0.2, 0.25) is 5.02 Å². The van der Waals surface area contributed by atoms with Gasteiger partial charge in [0.25, 0.3) is 0 Å². The number of carbonyl (C=O) groups is 1. The Balaban J connectivity index is 2.30. The largest absolute Gasteiger partial charge is 0.329 e. The topological polar surface area (TPSA) is 79.8 Å². The molecule has 0 aliphatic heterocycles. The number of hydrogen-bond acceptors (Lipinski definition) is 5. The van der Waals surface area contributed by atoms with Crippen molar-refractivity contribution in [3.8, 4) is 0 Å². The maximum Gasteiger partial charge on any atom is 0.215 e. The van der Waals surface area contributed by atoms with Gasteiger partial charge in [-0.25, -0.2) is 0 Å². The molecule has 3 N–H and O–H groups in total. The first-order valence-corrected chi connectivity index (χ1v) is 7.90. The van der Waals surface area contributed by atoms with Gasteiger partial charge in [-0.15, -0.1) is 0 Å². The van der Waals surface area contributed by atoms with Crippen LogP contribution in [0.1, 0.15) is 17.3 Å². The van der Waals surface area contributed by atoms with Crippen LogP contribution in [0.15, 0.2) is 64.7 Å². The maximum atomic E-state index is 12.7. The second kappa shape index (κ2) is 8.96. The number of hydrazone groups is 1. The van der Waals surface area contributed by atoms with Gasteiger partial charge in [-0.3, -0.25) is 15.2 Å². The molecule has 0 radical (unpaired) electrons. The smallest absolute Gasteiger partial charge is 0.215 e. The third-order valence-electron chi connectivity index (χ3n) is 3.21. The molecule has 2 aromatic carbocycles. The summed E-state index contributed by atoms with van der Waals surface area (Å²) < 4.78 is 0. The first kappa shape index (κ1) is 17.8. The summed E-state index contributed by atoms with van der Waals surface area (Å²) in [5.74, 6) is -0.199. The third kappa shape index (κ3) is 5.01. The summed E-state index contributed by atoms with van der Waals surface area (Å²) in [6, 6.07) is 16.0. The summed E-state index contributed by atoms with van der Waals surface area (Å²) in [6.07, 6.45) is 0. The number of ketones is 1. The molecule has 0 aromatic heterocycles. The zero-order chi connectivity index (χ0) is 17.4. The van der Waals surface area contributed by atoms with Gasteiger partial charge in [-0.05, 0) is 31.2 Å². The number of nitrogens with two attached hydrogens (primary N) is 1. The van der Waals surface area contributed by atoms with Gasteiger partial charge in [0, 0.05) is 17.1 Å².